The number of para-hydroxylation sites is 1. The zero-order valence-corrected chi connectivity index (χ0v) is 12.7. The highest BCUT2D eigenvalue weighted by Gasteiger charge is 2.10. The average Bonchev–Trinajstić information content (AvgIpc) is 3.11. The van der Waals surface area contributed by atoms with Gasteiger partial charge in [0.15, 0.2) is 5.82 Å². The first-order valence-corrected chi connectivity index (χ1v) is 7.23. The molecule has 1 heterocycles. The van der Waals surface area contributed by atoms with Gasteiger partial charge >= 0.3 is 0 Å². The first-order valence-electron chi connectivity index (χ1n) is 7.23. The normalized spacial score (nSPS) is 10.8. The lowest BCUT2D eigenvalue weighted by Crippen LogP contribution is -2.06. The van der Waals surface area contributed by atoms with Gasteiger partial charge in [-0.1, -0.05) is 36.4 Å². The average molecular weight is 304 g/mol. The quantitative estimate of drug-likeness (QED) is 0.532. The molecule has 0 saturated heterocycles. The molecule has 0 fully saturated rings. The second kappa shape index (κ2) is 6.75. The van der Waals surface area contributed by atoms with Crippen molar-refractivity contribution >= 4 is 11.9 Å². The summed E-state index contributed by atoms with van der Waals surface area (Å²) in [7, 11) is 1.62. The number of benzene rings is 2. The summed E-state index contributed by atoms with van der Waals surface area (Å²) in [5, 5.41) is 0. The van der Waals surface area contributed by atoms with Gasteiger partial charge in [-0.3, -0.25) is 9.36 Å². The Morgan fingerprint density at radius 1 is 1.09 bits per heavy atom. The molecule has 2 aromatic carbocycles. The van der Waals surface area contributed by atoms with E-state index in [1.807, 2.05) is 54.6 Å². The smallest absolute Gasteiger partial charge is 0.221 e. The Bertz CT molecular complexity index is 818. The van der Waals surface area contributed by atoms with Crippen molar-refractivity contribution < 1.29 is 9.53 Å². The first-order chi connectivity index (χ1) is 11.3. The molecule has 3 aromatic rings. The van der Waals surface area contributed by atoms with Crippen molar-refractivity contribution in [2.45, 2.75) is 0 Å². The summed E-state index contributed by atoms with van der Waals surface area (Å²) in [6.07, 6.45) is 6.71. The van der Waals surface area contributed by atoms with E-state index in [4.69, 9.17) is 4.74 Å². The topological polar surface area (TPSA) is 44.1 Å². The zero-order valence-electron chi connectivity index (χ0n) is 12.7. The van der Waals surface area contributed by atoms with Crippen LogP contribution in [0.5, 0.6) is 5.75 Å². The van der Waals surface area contributed by atoms with Crippen LogP contribution < -0.4 is 4.74 Å². The highest BCUT2D eigenvalue weighted by atomic mass is 16.5. The van der Waals surface area contributed by atoms with E-state index in [2.05, 4.69) is 4.98 Å². The van der Waals surface area contributed by atoms with Crippen molar-refractivity contribution in [3.8, 4) is 11.4 Å². The highest BCUT2D eigenvalue weighted by Crippen LogP contribution is 2.14. The number of aromatic nitrogens is 2. The molecule has 0 aliphatic carbocycles. The fourth-order valence-corrected chi connectivity index (χ4v) is 2.24. The summed E-state index contributed by atoms with van der Waals surface area (Å²) < 4.78 is 6.89. The molecular weight excluding hydrogens is 288 g/mol. The number of hydrogen-bond acceptors (Lipinski definition) is 3. The molecule has 0 atom stereocenters. The number of rotatable bonds is 5. The molecule has 0 unspecified atom stereocenters. The minimum atomic E-state index is -0.144. The van der Waals surface area contributed by atoms with Crippen LogP contribution in [0.25, 0.3) is 11.8 Å². The Hall–Kier alpha value is -3.14. The summed E-state index contributed by atoms with van der Waals surface area (Å²) in [5.74, 6) is 1.03. The van der Waals surface area contributed by atoms with Crippen molar-refractivity contribution in [1.82, 2.24) is 9.55 Å². The standard InChI is InChI=1S/C19H16N2O2/c1-23-17-10-7-15(8-11-17)9-12-18(22)19-20-13-14-21(19)16-5-3-2-4-6-16/h2-14H,1H3/b12-9+. The summed E-state index contributed by atoms with van der Waals surface area (Å²) in [6, 6.07) is 17.2. The van der Waals surface area contributed by atoms with Crippen molar-refractivity contribution in [3.63, 3.8) is 0 Å². The van der Waals surface area contributed by atoms with Gasteiger partial charge in [-0.2, -0.15) is 0 Å². The fraction of sp³-hybridized carbons (Fsp3) is 0.0526. The van der Waals surface area contributed by atoms with Crippen LogP contribution in [0, 0.1) is 0 Å². The Morgan fingerprint density at radius 3 is 2.52 bits per heavy atom. The molecule has 0 radical (unpaired) electrons. The van der Waals surface area contributed by atoms with Gasteiger partial charge in [-0.15, -0.1) is 0 Å². The van der Waals surface area contributed by atoms with Crippen molar-refractivity contribution in [1.29, 1.82) is 0 Å². The zero-order chi connectivity index (χ0) is 16.1. The van der Waals surface area contributed by atoms with E-state index < -0.39 is 0 Å². The van der Waals surface area contributed by atoms with Gasteiger partial charge in [0.25, 0.3) is 0 Å². The number of carbonyl (C=O) groups is 1. The third kappa shape index (κ3) is 3.37. The number of hydrogen-bond donors (Lipinski definition) is 0. The van der Waals surface area contributed by atoms with Gasteiger partial charge in [0.2, 0.25) is 5.78 Å². The minimum absolute atomic E-state index is 0.144. The molecule has 4 heteroatoms. The number of allylic oxidation sites excluding steroid dienone is 1. The predicted octanol–water partition coefficient (Wildman–Crippen LogP) is 3.78. The minimum Gasteiger partial charge on any atom is -0.497 e. The lowest BCUT2D eigenvalue weighted by atomic mass is 10.2. The van der Waals surface area contributed by atoms with E-state index in [0.29, 0.717) is 5.82 Å². The number of imidazole rings is 1. The molecule has 114 valence electrons. The molecule has 0 spiro atoms. The van der Waals surface area contributed by atoms with Gasteiger partial charge in [0.05, 0.1) is 7.11 Å². The Balaban J connectivity index is 1.81. The molecular formula is C19H16N2O2. The SMILES string of the molecule is COc1ccc(/C=C/C(=O)c2nccn2-c2ccccc2)cc1. The van der Waals surface area contributed by atoms with Gasteiger partial charge in [0, 0.05) is 18.1 Å². The predicted molar refractivity (Wildman–Crippen MR) is 89.9 cm³/mol. The van der Waals surface area contributed by atoms with Crippen molar-refractivity contribution in [2.24, 2.45) is 0 Å². The van der Waals surface area contributed by atoms with Crippen molar-refractivity contribution in [3.05, 3.63) is 84.5 Å². The number of carbonyl (C=O) groups excluding carboxylic acids is 1. The number of ether oxygens (including phenoxy) is 1. The first kappa shape index (κ1) is 14.8. The molecule has 0 aliphatic rings. The second-order valence-electron chi connectivity index (χ2n) is 4.93. The summed E-state index contributed by atoms with van der Waals surface area (Å²) in [4.78, 5) is 16.6. The van der Waals surface area contributed by atoms with E-state index in [0.717, 1.165) is 17.0 Å². The summed E-state index contributed by atoms with van der Waals surface area (Å²) >= 11 is 0. The molecule has 0 bridgehead atoms. The van der Waals surface area contributed by atoms with Gasteiger partial charge in [-0.25, -0.2) is 4.98 Å². The maximum atomic E-state index is 12.4. The van der Waals surface area contributed by atoms with Crippen LogP contribution in [0.2, 0.25) is 0 Å². The fourth-order valence-electron chi connectivity index (χ4n) is 2.24. The van der Waals surface area contributed by atoms with Gasteiger partial charge in [-0.05, 0) is 35.9 Å². The second-order valence-corrected chi connectivity index (χ2v) is 4.93. The van der Waals surface area contributed by atoms with Gasteiger partial charge < -0.3 is 4.74 Å². The third-order valence-electron chi connectivity index (χ3n) is 3.44. The third-order valence-corrected chi connectivity index (χ3v) is 3.44. The van der Waals surface area contributed by atoms with Crippen LogP contribution in [0.15, 0.2) is 73.1 Å². The molecule has 0 aliphatic heterocycles. The van der Waals surface area contributed by atoms with Crippen LogP contribution in [-0.4, -0.2) is 22.4 Å². The molecule has 3 rings (SSSR count). The largest absolute Gasteiger partial charge is 0.497 e. The van der Waals surface area contributed by atoms with E-state index in [1.54, 1.807) is 30.1 Å². The Morgan fingerprint density at radius 2 is 1.83 bits per heavy atom. The monoisotopic (exact) mass is 304 g/mol. The van der Waals surface area contributed by atoms with E-state index in [9.17, 15) is 4.79 Å². The van der Waals surface area contributed by atoms with Crippen LogP contribution in [-0.2, 0) is 0 Å². The molecule has 23 heavy (non-hydrogen) atoms. The van der Waals surface area contributed by atoms with Crippen LogP contribution in [0.1, 0.15) is 16.2 Å². The highest BCUT2D eigenvalue weighted by molar-refractivity contribution is 6.04. The molecule has 0 amide bonds. The lowest BCUT2D eigenvalue weighted by molar-refractivity contribution is 0.103. The van der Waals surface area contributed by atoms with Crippen molar-refractivity contribution in [2.75, 3.05) is 7.11 Å². The van der Waals surface area contributed by atoms with Crippen LogP contribution >= 0.6 is 0 Å². The number of ketones is 1. The van der Waals surface area contributed by atoms with Crippen LogP contribution in [0.3, 0.4) is 0 Å². The lowest BCUT2D eigenvalue weighted by Gasteiger charge is -2.05. The summed E-state index contributed by atoms with van der Waals surface area (Å²) in [6.45, 7) is 0. The molecule has 1 aromatic heterocycles. The van der Waals surface area contributed by atoms with E-state index in [1.165, 1.54) is 6.08 Å². The Labute approximate surface area is 134 Å². The maximum absolute atomic E-state index is 12.4. The maximum Gasteiger partial charge on any atom is 0.221 e. The van der Waals surface area contributed by atoms with E-state index in [-0.39, 0.29) is 5.78 Å². The van der Waals surface area contributed by atoms with Gasteiger partial charge in [0.1, 0.15) is 5.75 Å². The van der Waals surface area contributed by atoms with E-state index >= 15 is 0 Å². The molecule has 0 N–H and O–H groups in total. The Kier molecular flexibility index (Phi) is 4.34. The summed E-state index contributed by atoms with van der Waals surface area (Å²) in [5.41, 5.74) is 1.84. The number of methoxy groups -OCH3 is 1. The molecule has 0 saturated carbocycles. The van der Waals surface area contributed by atoms with Crippen LogP contribution in [0.4, 0.5) is 0 Å². The molecule has 4 nitrogen and oxygen atoms in total. The number of nitrogens with zero attached hydrogens (tertiary/aromatic N) is 2.